The van der Waals surface area contributed by atoms with Gasteiger partial charge in [-0.25, -0.2) is 0 Å². The van der Waals surface area contributed by atoms with E-state index in [2.05, 4.69) is 62.5 Å². The molecule has 0 aliphatic carbocycles. The second-order valence-electron chi connectivity index (χ2n) is 19.4. The van der Waals surface area contributed by atoms with Gasteiger partial charge in [0.25, 0.3) is 0 Å². The first kappa shape index (κ1) is 65.9. The fourth-order valence-corrected chi connectivity index (χ4v) is 8.34. The van der Waals surface area contributed by atoms with E-state index in [1.807, 2.05) is 42.5 Å². The largest absolute Gasteiger partial charge is 0.454 e. The summed E-state index contributed by atoms with van der Waals surface area (Å²) in [6.07, 6.45) is 50.5. The second-order valence-corrected chi connectivity index (χ2v) is 19.4. The van der Waals surface area contributed by atoms with Crippen molar-refractivity contribution in [1.29, 1.82) is 0 Å². The summed E-state index contributed by atoms with van der Waals surface area (Å²) in [6, 6.07) is -1.04. The van der Waals surface area contributed by atoms with Crippen molar-refractivity contribution in [2.24, 2.45) is 0 Å². The number of nitrogens with one attached hydrogen (secondary N) is 1. The Morgan fingerprint density at radius 3 is 1.66 bits per heavy atom. The summed E-state index contributed by atoms with van der Waals surface area (Å²) >= 11 is 0. The molecule has 1 aliphatic heterocycles. The Bertz CT molecular complexity index is 1470. The Kier molecular flexibility index (Phi) is 44.4. The Balaban J connectivity index is 2.74. The van der Waals surface area contributed by atoms with Crippen molar-refractivity contribution < 1.29 is 49.3 Å². The lowest BCUT2D eigenvalue weighted by Gasteiger charge is -2.41. The number of ether oxygens (including phenoxy) is 3. The molecule has 8 unspecified atom stereocenters. The van der Waals surface area contributed by atoms with E-state index in [0.29, 0.717) is 12.8 Å². The number of aliphatic hydroxyl groups is 5. The van der Waals surface area contributed by atoms with Crippen LogP contribution >= 0.6 is 0 Å². The van der Waals surface area contributed by atoms with Crippen LogP contribution in [-0.2, 0) is 23.8 Å². The summed E-state index contributed by atoms with van der Waals surface area (Å²) in [5.41, 5.74) is 0. The fraction of sp³-hybridized carbons (Fsp3) is 0.733. The number of carbonyl (C=O) groups excluding carboxylic acids is 2. The van der Waals surface area contributed by atoms with Crippen LogP contribution in [0.5, 0.6) is 0 Å². The molecule has 0 aromatic rings. The van der Waals surface area contributed by atoms with Gasteiger partial charge in [0.2, 0.25) is 5.91 Å². The second kappa shape index (κ2) is 47.8. The van der Waals surface area contributed by atoms with Crippen LogP contribution in [0.15, 0.2) is 85.1 Å². The van der Waals surface area contributed by atoms with E-state index in [-0.39, 0.29) is 19.4 Å². The van der Waals surface area contributed by atoms with E-state index in [9.17, 15) is 35.1 Å². The van der Waals surface area contributed by atoms with E-state index < -0.39 is 67.4 Å². The van der Waals surface area contributed by atoms with Gasteiger partial charge in [0.1, 0.15) is 24.4 Å². The normalized spacial score (nSPS) is 20.3. The number of esters is 1. The lowest BCUT2D eigenvalue weighted by Crippen LogP contribution is -2.61. The maximum Gasteiger partial charge on any atom is 0.306 e. The van der Waals surface area contributed by atoms with Gasteiger partial charge < -0.3 is 45.1 Å². The summed E-state index contributed by atoms with van der Waals surface area (Å²) in [5, 5.41) is 56.7. The molecule has 11 nitrogen and oxygen atoms in total. The maximum absolute atomic E-state index is 13.3. The number of rotatable bonds is 46. The minimum absolute atomic E-state index is 0.108. The first-order valence-electron chi connectivity index (χ1n) is 28.4. The zero-order valence-electron chi connectivity index (χ0n) is 44.8. The van der Waals surface area contributed by atoms with Crippen LogP contribution in [0.3, 0.4) is 0 Å². The van der Waals surface area contributed by atoms with Crippen LogP contribution in [0.2, 0.25) is 0 Å². The van der Waals surface area contributed by atoms with E-state index in [4.69, 9.17) is 14.2 Å². The van der Waals surface area contributed by atoms with Crippen molar-refractivity contribution >= 4 is 11.9 Å². The molecule has 11 heteroatoms. The molecule has 0 saturated carbocycles. The number of carbonyl (C=O) groups is 2. The minimum Gasteiger partial charge on any atom is -0.454 e. The Hall–Kier alpha value is -3.16. The molecule has 1 heterocycles. The number of hydrogen-bond donors (Lipinski definition) is 6. The summed E-state index contributed by atoms with van der Waals surface area (Å²) in [5.74, 6) is -1.23. The molecular weight excluding hydrogens is 895 g/mol. The number of hydrogen-bond acceptors (Lipinski definition) is 10. The van der Waals surface area contributed by atoms with Crippen molar-refractivity contribution in [3.63, 3.8) is 0 Å². The van der Waals surface area contributed by atoms with Crippen LogP contribution in [0.1, 0.15) is 220 Å². The molecule has 0 aromatic carbocycles. The van der Waals surface area contributed by atoms with Crippen molar-refractivity contribution in [1.82, 2.24) is 5.32 Å². The topological polar surface area (TPSA) is 175 Å². The zero-order valence-corrected chi connectivity index (χ0v) is 44.8. The van der Waals surface area contributed by atoms with Crippen molar-refractivity contribution in [3.8, 4) is 0 Å². The molecule has 0 spiro atoms. The maximum atomic E-state index is 13.3. The van der Waals surface area contributed by atoms with E-state index >= 15 is 0 Å². The Morgan fingerprint density at radius 2 is 1.07 bits per heavy atom. The molecule has 1 saturated heterocycles. The van der Waals surface area contributed by atoms with Gasteiger partial charge in [-0.2, -0.15) is 0 Å². The molecule has 1 amide bonds. The fourth-order valence-electron chi connectivity index (χ4n) is 8.34. The molecule has 0 aromatic heterocycles. The van der Waals surface area contributed by atoms with Gasteiger partial charge in [0, 0.05) is 6.42 Å². The average molecular weight is 998 g/mol. The third-order valence-corrected chi connectivity index (χ3v) is 12.9. The molecule has 0 radical (unpaired) electrons. The SMILES string of the molecule is CC/C=C/C=C/C=C/C=C\CCCCCCC(O)C(=O)NC(COC1OC(CO)C(O)C(O)C1OC(=O)CCCCCCCCC/C=C\C/C=C\CCCCC)C(O)/C=C/CCCCCCCCCCC. The molecule has 1 aliphatic rings. The summed E-state index contributed by atoms with van der Waals surface area (Å²) in [7, 11) is 0. The third-order valence-electron chi connectivity index (χ3n) is 12.9. The predicted molar refractivity (Wildman–Crippen MR) is 292 cm³/mol. The molecule has 6 N–H and O–H groups in total. The Morgan fingerprint density at radius 1 is 0.577 bits per heavy atom. The van der Waals surface area contributed by atoms with Gasteiger partial charge in [-0.05, 0) is 77.0 Å². The smallest absolute Gasteiger partial charge is 0.306 e. The quantitative estimate of drug-likeness (QED) is 0.0149. The van der Waals surface area contributed by atoms with Crippen LogP contribution in [-0.4, -0.2) is 99.6 Å². The Labute approximate surface area is 432 Å². The van der Waals surface area contributed by atoms with E-state index in [1.54, 1.807) is 6.08 Å². The average Bonchev–Trinajstić information content (AvgIpc) is 3.37. The molecule has 0 bridgehead atoms. The molecule has 71 heavy (non-hydrogen) atoms. The number of amides is 1. The van der Waals surface area contributed by atoms with Crippen LogP contribution < -0.4 is 5.32 Å². The van der Waals surface area contributed by atoms with Gasteiger partial charge in [-0.3, -0.25) is 9.59 Å². The minimum atomic E-state index is -1.62. The first-order chi connectivity index (χ1) is 34.7. The van der Waals surface area contributed by atoms with Crippen molar-refractivity contribution in [3.05, 3.63) is 85.1 Å². The molecule has 1 fully saturated rings. The van der Waals surface area contributed by atoms with Crippen LogP contribution in [0.25, 0.3) is 0 Å². The monoisotopic (exact) mass is 998 g/mol. The highest BCUT2D eigenvalue weighted by atomic mass is 16.7. The van der Waals surface area contributed by atoms with Crippen molar-refractivity contribution in [2.45, 2.75) is 269 Å². The van der Waals surface area contributed by atoms with E-state index in [0.717, 1.165) is 96.3 Å². The molecule has 8 atom stereocenters. The van der Waals surface area contributed by atoms with Gasteiger partial charge in [-0.15, -0.1) is 0 Å². The van der Waals surface area contributed by atoms with Crippen LogP contribution in [0.4, 0.5) is 0 Å². The van der Waals surface area contributed by atoms with E-state index in [1.165, 1.54) is 77.0 Å². The first-order valence-corrected chi connectivity index (χ1v) is 28.4. The summed E-state index contributed by atoms with van der Waals surface area (Å²) in [6.45, 7) is 5.57. The molecule has 1 rings (SSSR count). The van der Waals surface area contributed by atoms with Crippen LogP contribution in [0, 0.1) is 0 Å². The van der Waals surface area contributed by atoms with Crippen molar-refractivity contribution in [2.75, 3.05) is 13.2 Å². The zero-order chi connectivity index (χ0) is 51.8. The highest BCUT2D eigenvalue weighted by Crippen LogP contribution is 2.26. The number of allylic oxidation sites excluding steroid dienone is 13. The predicted octanol–water partition coefficient (Wildman–Crippen LogP) is 12.6. The molecule has 408 valence electrons. The number of unbranched alkanes of at least 4 members (excludes halogenated alkanes) is 23. The third kappa shape index (κ3) is 36.4. The standard InChI is InChI=1S/C60H103NO10/c1-4-7-10-13-16-19-22-24-26-27-28-30-33-36-39-42-45-48-55(65)71-58-57(67)56(66)54(49-62)70-60(58)69-50-51(52(63)46-43-40-37-34-31-21-18-15-12-9-6-3)61-59(68)53(64)47-44-41-38-35-32-29-25-23-20-17-14-11-8-5-2/h8,11,14,16-17,19-20,23-26,29,43,46,51-54,56-58,60,62-64,66-67H,4-7,9-10,12-13,15,18,21-22,27-28,30-42,44-45,47-50H2,1-3H3,(H,61,68)/b11-8+,17-14+,19-16-,23-20+,26-24-,29-25-,46-43+. The number of aliphatic hydroxyl groups excluding tert-OH is 5. The lowest BCUT2D eigenvalue weighted by molar-refractivity contribution is -0.305. The summed E-state index contributed by atoms with van der Waals surface area (Å²) < 4.78 is 17.5. The summed E-state index contributed by atoms with van der Waals surface area (Å²) in [4.78, 5) is 26.4. The highest BCUT2D eigenvalue weighted by molar-refractivity contribution is 5.80. The lowest BCUT2D eigenvalue weighted by atomic mass is 9.99. The molecular formula is C60H103NO10. The van der Waals surface area contributed by atoms with Gasteiger partial charge in [0.15, 0.2) is 12.4 Å². The van der Waals surface area contributed by atoms with Gasteiger partial charge in [0.05, 0.1) is 25.4 Å². The van der Waals surface area contributed by atoms with Gasteiger partial charge >= 0.3 is 5.97 Å². The highest BCUT2D eigenvalue weighted by Gasteiger charge is 2.47. The van der Waals surface area contributed by atoms with Gasteiger partial charge in [-0.1, -0.05) is 221 Å².